The molecular weight excluding hydrogens is 212 g/mol. The third-order valence-electron chi connectivity index (χ3n) is 2.70. The van der Waals surface area contributed by atoms with E-state index in [0.717, 1.165) is 30.2 Å². The fraction of sp³-hybridized carbons (Fsp3) is 0.308. The molecule has 1 heterocycles. The minimum absolute atomic E-state index is 0.796. The molecule has 1 aromatic heterocycles. The number of nitrogens with one attached hydrogen (secondary N) is 1. The molecule has 0 atom stereocenters. The predicted octanol–water partition coefficient (Wildman–Crippen LogP) is 1.97. The summed E-state index contributed by atoms with van der Waals surface area (Å²) < 4.78 is 2.03. The maximum atomic E-state index is 5.79. The monoisotopic (exact) mass is 230 g/mol. The fourth-order valence-electron chi connectivity index (χ4n) is 1.87. The van der Waals surface area contributed by atoms with Crippen LogP contribution in [0, 0.1) is 6.92 Å². The van der Waals surface area contributed by atoms with Crippen LogP contribution < -0.4 is 11.1 Å². The number of nitrogens with two attached hydrogens (primary N) is 1. The molecule has 1 aromatic carbocycles. The molecule has 0 aliphatic carbocycles. The lowest BCUT2D eigenvalue weighted by Crippen LogP contribution is -2.08. The third-order valence-corrected chi connectivity index (χ3v) is 2.70. The Morgan fingerprint density at radius 2 is 2.18 bits per heavy atom. The molecule has 0 radical (unpaired) electrons. The van der Waals surface area contributed by atoms with Gasteiger partial charge in [0.15, 0.2) is 0 Å². The van der Waals surface area contributed by atoms with Gasteiger partial charge in [-0.3, -0.25) is 0 Å². The summed E-state index contributed by atoms with van der Waals surface area (Å²) in [6, 6.07) is 6.00. The first-order valence-corrected chi connectivity index (χ1v) is 5.72. The zero-order chi connectivity index (χ0) is 12.3. The Bertz CT molecular complexity index is 482. The van der Waals surface area contributed by atoms with Gasteiger partial charge in [0.25, 0.3) is 0 Å². The summed E-state index contributed by atoms with van der Waals surface area (Å²) in [5, 5.41) is 3.36. The van der Waals surface area contributed by atoms with Crippen LogP contribution in [0.2, 0.25) is 0 Å². The Kier molecular flexibility index (Phi) is 3.32. The molecule has 17 heavy (non-hydrogen) atoms. The van der Waals surface area contributed by atoms with Gasteiger partial charge in [-0.25, -0.2) is 4.98 Å². The molecule has 4 nitrogen and oxygen atoms in total. The Balaban J connectivity index is 1.92. The van der Waals surface area contributed by atoms with Crippen LogP contribution in [0.5, 0.6) is 0 Å². The average Bonchev–Trinajstić information content (AvgIpc) is 2.63. The molecule has 2 aromatic rings. The van der Waals surface area contributed by atoms with Crippen molar-refractivity contribution in [3.63, 3.8) is 0 Å². The van der Waals surface area contributed by atoms with Crippen LogP contribution >= 0.6 is 0 Å². The highest BCUT2D eigenvalue weighted by Gasteiger charge is 1.99. The fourth-order valence-corrected chi connectivity index (χ4v) is 1.87. The van der Waals surface area contributed by atoms with Gasteiger partial charge >= 0.3 is 0 Å². The molecule has 0 fully saturated rings. The standard InChI is InChI=1S/C13H18N4/c1-10-7-11(14)9-12(8-10)15-4-3-13-16-5-6-17(13)2/h5-9,15H,3-4,14H2,1-2H3. The molecule has 4 heteroatoms. The van der Waals surface area contributed by atoms with Crippen molar-refractivity contribution >= 4 is 11.4 Å². The van der Waals surface area contributed by atoms with Crippen molar-refractivity contribution in [2.24, 2.45) is 7.05 Å². The minimum Gasteiger partial charge on any atom is -0.399 e. The van der Waals surface area contributed by atoms with Gasteiger partial charge in [0, 0.05) is 43.8 Å². The summed E-state index contributed by atoms with van der Waals surface area (Å²) in [6.07, 6.45) is 4.68. The third kappa shape index (κ3) is 3.00. The van der Waals surface area contributed by atoms with Crippen molar-refractivity contribution < 1.29 is 0 Å². The number of aryl methyl sites for hydroxylation is 2. The second kappa shape index (κ2) is 4.91. The van der Waals surface area contributed by atoms with Gasteiger partial charge in [-0.2, -0.15) is 0 Å². The summed E-state index contributed by atoms with van der Waals surface area (Å²) in [5.74, 6) is 1.08. The summed E-state index contributed by atoms with van der Waals surface area (Å²) in [5.41, 5.74) is 8.83. The van der Waals surface area contributed by atoms with E-state index in [0.29, 0.717) is 0 Å². The minimum atomic E-state index is 0.796. The number of nitrogen functional groups attached to an aromatic ring is 1. The number of aromatic nitrogens is 2. The largest absolute Gasteiger partial charge is 0.399 e. The Labute approximate surface area is 101 Å². The number of hydrogen-bond acceptors (Lipinski definition) is 3. The first-order valence-electron chi connectivity index (χ1n) is 5.72. The molecule has 0 amide bonds. The molecule has 2 rings (SSSR count). The zero-order valence-electron chi connectivity index (χ0n) is 10.3. The van der Waals surface area contributed by atoms with Gasteiger partial charge in [-0.05, 0) is 30.7 Å². The Morgan fingerprint density at radius 3 is 2.82 bits per heavy atom. The highest BCUT2D eigenvalue weighted by molar-refractivity contribution is 5.56. The lowest BCUT2D eigenvalue weighted by molar-refractivity contribution is 0.789. The van der Waals surface area contributed by atoms with E-state index in [1.54, 1.807) is 0 Å². The number of benzene rings is 1. The van der Waals surface area contributed by atoms with Crippen LogP contribution in [-0.2, 0) is 13.5 Å². The van der Waals surface area contributed by atoms with E-state index < -0.39 is 0 Å². The quantitative estimate of drug-likeness (QED) is 0.789. The molecule has 0 unspecified atom stereocenters. The second-order valence-electron chi connectivity index (χ2n) is 4.26. The number of rotatable bonds is 4. The molecule has 0 saturated heterocycles. The molecule has 0 bridgehead atoms. The normalized spacial score (nSPS) is 10.5. The molecular formula is C13H18N4. The first kappa shape index (κ1) is 11.5. The summed E-state index contributed by atoms with van der Waals surface area (Å²) in [6.45, 7) is 2.90. The number of nitrogens with zero attached hydrogens (tertiary/aromatic N) is 2. The molecule has 3 N–H and O–H groups in total. The van der Waals surface area contributed by atoms with Crippen molar-refractivity contribution in [1.29, 1.82) is 0 Å². The maximum Gasteiger partial charge on any atom is 0.110 e. The first-order chi connectivity index (χ1) is 8.15. The van der Waals surface area contributed by atoms with E-state index in [1.807, 2.05) is 43.1 Å². The van der Waals surface area contributed by atoms with Crippen LogP contribution in [0.25, 0.3) is 0 Å². The lowest BCUT2D eigenvalue weighted by atomic mass is 10.2. The van der Waals surface area contributed by atoms with Crippen molar-refractivity contribution in [2.45, 2.75) is 13.3 Å². The summed E-state index contributed by atoms with van der Waals surface area (Å²) in [4.78, 5) is 4.28. The van der Waals surface area contributed by atoms with Gasteiger partial charge in [0.05, 0.1) is 0 Å². The predicted molar refractivity (Wildman–Crippen MR) is 71.0 cm³/mol. The average molecular weight is 230 g/mol. The number of anilines is 2. The van der Waals surface area contributed by atoms with Crippen molar-refractivity contribution in [3.05, 3.63) is 42.0 Å². The van der Waals surface area contributed by atoms with Gasteiger partial charge in [0.2, 0.25) is 0 Å². The second-order valence-corrected chi connectivity index (χ2v) is 4.26. The van der Waals surface area contributed by atoms with E-state index in [-0.39, 0.29) is 0 Å². The van der Waals surface area contributed by atoms with Crippen LogP contribution in [0.1, 0.15) is 11.4 Å². The summed E-state index contributed by atoms with van der Waals surface area (Å²) in [7, 11) is 2.01. The SMILES string of the molecule is Cc1cc(N)cc(NCCc2nccn2C)c1. The smallest absolute Gasteiger partial charge is 0.110 e. The van der Waals surface area contributed by atoms with Crippen LogP contribution in [-0.4, -0.2) is 16.1 Å². The Hall–Kier alpha value is -1.97. The van der Waals surface area contributed by atoms with E-state index in [2.05, 4.69) is 16.4 Å². The highest BCUT2D eigenvalue weighted by Crippen LogP contribution is 2.15. The van der Waals surface area contributed by atoms with Gasteiger partial charge in [0.1, 0.15) is 5.82 Å². The van der Waals surface area contributed by atoms with Crippen molar-refractivity contribution in [2.75, 3.05) is 17.6 Å². The molecule has 0 spiro atoms. The van der Waals surface area contributed by atoms with Gasteiger partial charge in [-0.15, -0.1) is 0 Å². The number of hydrogen-bond donors (Lipinski definition) is 2. The van der Waals surface area contributed by atoms with E-state index in [1.165, 1.54) is 5.56 Å². The zero-order valence-corrected chi connectivity index (χ0v) is 10.3. The molecule has 0 aliphatic rings. The van der Waals surface area contributed by atoms with Gasteiger partial charge in [-0.1, -0.05) is 0 Å². The molecule has 0 saturated carbocycles. The van der Waals surface area contributed by atoms with Crippen molar-refractivity contribution in [1.82, 2.24) is 9.55 Å². The number of imidazole rings is 1. The highest BCUT2D eigenvalue weighted by atomic mass is 15.0. The lowest BCUT2D eigenvalue weighted by Gasteiger charge is -2.08. The topological polar surface area (TPSA) is 55.9 Å². The van der Waals surface area contributed by atoms with Crippen molar-refractivity contribution in [3.8, 4) is 0 Å². The van der Waals surface area contributed by atoms with Crippen LogP contribution in [0.4, 0.5) is 11.4 Å². The molecule has 90 valence electrons. The van der Waals surface area contributed by atoms with E-state index >= 15 is 0 Å². The van der Waals surface area contributed by atoms with Gasteiger partial charge < -0.3 is 15.6 Å². The van der Waals surface area contributed by atoms with Crippen LogP contribution in [0.15, 0.2) is 30.6 Å². The van der Waals surface area contributed by atoms with Crippen LogP contribution in [0.3, 0.4) is 0 Å². The van der Waals surface area contributed by atoms with E-state index in [9.17, 15) is 0 Å². The Morgan fingerprint density at radius 1 is 1.35 bits per heavy atom. The molecule has 0 aliphatic heterocycles. The maximum absolute atomic E-state index is 5.79. The summed E-state index contributed by atoms with van der Waals surface area (Å²) >= 11 is 0. The van der Waals surface area contributed by atoms with E-state index in [4.69, 9.17) is 5.73 Å².